The highest BCUT2D eigenvalue weighted by Crippen LogP contribution is 2.12. The fourth-order valence-electron chi connectivity index (χ4n) is 1.40. The second-order valence-corrected chi connectivity index (χ2v) is 3.83. The van der Waals surface area contributed by atoms with Crippen LogP contribution in [0.15, 0.2) is 12.3 Å². The van der Waals surface area contributed by atoms with Crippen molar-refractivity contribution in [2.75, 3.05) is 14.1 Å². The number of aromatic nitrogens is 2. The molecule has 0 saturated heterocycles. The Hall–Kier alpha value is -1.58. The highest BCUT2D eigenvalue weighted by atomic mass is 16.1. The number of carbonyl (C=O) groups is 1. The molecule has 0 aliphatic carbocycles. The average Bonchev–Trinajstić information content (AvgIpc) is 2.37. The van der Waals surface area contributed by atoms with Gasteiger partial charge in [0.25, 0.3) is 0 Å². The maximum Gasteiger partial charge on any atom is 0.205 e. The Balaban J connectivity index is 3.01. The van der Waals surface area contributed by atoms with E-state index < -0.39 is 0 Å². The first-order valence-electron chi connectivity index (χ1n) is 4.82. The van der Waals surface area contributed by atoms with Crippen LogP contribution in [0.1, 0.15) is 21.7 Å². The molecule has 0 unspecified atom stereocenters. The maximum atomic E-state index is 11.8. The molecule has 0 bridgehead atoms. The molecular weight excluding hydrogens is 190 g/mol. The number of nitrogens with zero attached hydrogens (tertiary/aromatic N) is 3. The van der Waals surface area contributed by atoms with Crippen molar-refractivity contribution in [2.45, 2.75) is 13.8 Å². The summed E-state index contributed by atoms with van der Waals surface area (Å²) in [5.41, 5.74) is 2.51. The van der Waals surface area contributed by atoms with E-state index >= 15 is 0 Å². The van der Waals surface area contributed by atoms with Gasteiger partial charge in [0.05, 0.1) is 5.69 Å². The third kappa shape index (κ3) is 2.46. The molecular formula is C11H17N3O. The standard InChI is InChI=1S/C11H17N3O/c1-8-9(2)12-14(5)11(8)10(15)6-7-13(3)4/h6-7H,1-5H3/b7-6+. The Morgan fingerprint density at radius 1 is 1.40 bits per heavy atom. The van der Waals surface area contributed by atoms with E-state index in [9.17, 15) is 4.79 Å². The summed E-state index contributed by atoms with van der Waals surface area (Å²) in [6.45, 7) is 3.82. The van der Waals surface area contributed by atoms with Crippen molar-refractivity contribution >= 4 is 5.78 Å². The molecule has 1 heterocycles. The summed E-state index contributed by atoms with van der Waals surface area (Å²) in [4.78, 5) is 13.7. The van der Waals surface area contributed by atoms with Gasteiger partial charge >= 0.3 is 0 Å². The Morgan fingerprint density at radius 3 is 2.40 bits per heavy atom. The SMILES string of the molecule is Cc1nn(C)c(C(=O)/C=C/N(C)C)c1C. The van der Waals surface area contributed by atoms with E-state index in [1.807, 2.05) is 32.8 Å². The number of hydrogen-bond donors (Lipinski definition) is 0. The molecule has 0 aliphatic heterocycles. The van der Waals surface area contributed by atoms with Crippen molar-refractivity contribution in [1.82, 2.24) is 14.7 Å². The van der Waals surface area contributed by atoms with E-state index in [2.05, 4.69) is 5.10 Å². The van der Waals surface area contributed by atoms with Gasteiger partial charge in [-0.15, -0.1) is 0 Å². The molecule has 4 heteroatoms. The minimum Gasteiger partial charge on any atom is -0.383 e. The Bertz CT molecular complexity index is 402. The van der Waals surface area contributed by atoms with Crippen molar-refractivity contribution in [3.63, 3.8) is 0 Å². The van der Waals surface area contributed by atoms with Crippen molar-refractivity contribution in [2.24, 2.45) is 7.05 Å². The van der Waals surface area contributed by atoms with Gasteiger partial charge in [0.2, 0.25) is 5.78 Å². The van der Waals surface area contributed by atoms with E-state index in [0.29, 0.717) is 5.69 Å². The normalized spacial score (nSPS) is 11.0. The van der Waals surface area contributed by atoms with Crippen LogP contribution in [0.4, 0.5) is 0 Å². The molecule has 82 valence electrons. The van der Waals surface area contributed by atoms with Crippen LogP contribution in [-0.4, -0.2) is 34.6 Å². The first-order valence-corrected chi connectivity index (χ1v) is 4.82. The molecule has 0 atom stereocenters. The zero-order valence-corrected chi connectivity index (χ0v) is 9.90. The van der Waals surface area contributed by atoms with Crippen LogP contribution in [0, 0.1) is 13.8 Å². The van der Waals surface area contributed by atoms with Crippen LogP contribution in [0.3, 0.4) is 0 Å². The fourth-order valence-corrected chi connectivity index (χ4v) is 1.40. The maximum absolute atomic E-state index is 11.8. The van der Waals surface area contributed by atoms with Crippen molar-refractivity contribution < 1.29 is 4.79 Å². The molecule has 0 N–H and O–H groups in total. The number of allylic oxidation sites excluding steroid dienone is 1. The molecule has 0 radical (unpaired) electrons. The molecule has 15 heavy (non-hydrogen) atoms. The van der Waals surface area contributed by atoms with E-state index in [0.717, 1.165) is 11.3 Å². The largest absolute Gasteiger partial charge is 0.383 e. The zero-order valence-electron chi connectivity index (χ0n) is 9.90. The Morgan fingerprint density at radius 2 is 2.00 bits per heavy atom. The number of rotatable bonds is 3. The lowest BCUT2D eigenvalue weighted by Crippen LogP contribution is -2.08. The summed E-state index contributed by atoms with van der Waals surface area (Å²) in [7, 11) is 5.55. The molecule has 1 rings (SSSR count). The number of hydrogen-bond acceptors (Lipinski definition) is 3. The fraction of sp³-hybridized carbons (Fsp3) is 0.455. The van der Waals surface area contributed by atoms with Crippen molar-refractivity contribution in [3.05, 3.63) is 29.2 Å². The van der Waals surface area contributed by atoms with Crippen LogP contribution < -0.4 is 0 Å². The van der Waals surface area contributed by atoms with E-state index in [1.165, 1.54) is 0 Å². The monoisotopic (exact) mass is 207 g/mol. The van der Waals surface area contributed by atoms with E-state index in [1.54, 1.807) is 24.0 Å². The van der Waals surface area contributed by atoms with E-state index in [-0.39, 0.29) is 5.78 Å². The Kier molecular flexibility index (Phi) is 3.29. The molecule has 0 aliphatic rings. The van der Waals surface area contributed by atoms with Crippen LogP contribution in [-0.2, 0) is 7.05 Å². The first-order chi connectivity index (χ1) is 6.93. The summed E-state index contributed by atoms with van der Waals surface area (Å²) in [6, 6.07) is 0. The molecule has 1 aromatic rings. The Labute approximate surface area is 90.2 Å². The van der Waals surface area contributed by atoms with Gasteiger partial charge < -0.3 is 4.90 Å². The summed E-state index contributed by atoms with van der Waals surface area (Å²) in [5, 5.41) is 4.21. The molecule has 0 spiro atoms. The molecule has 0 saturated carbocycles. The second kappa shape index (κ2) is 4.29. The van der Waals surface area contributed by atoms with Gasteiger partial charge in [-0.25, -0.2) is 0 Å². The highest BCUT2D eigenvalue weighted by molar-refractivity contribution is 6.04. The summed E-state index contributed by atoms with van der Waals surface area (Å²) in [5.74, 6) is -0.00991. The van der Waals surface area contributed by atoms with Gasteiger partial charge in [0.1, 0.15) is 5.69 Å². The van der Waals surface area contributed by atoms with Gasteiger partial charge in [-0.3, -0.25) is 9.48 Å². The minimum atomic E-state index is -0.00991. The topological polar surface area (TPSA) is 38.1 Å². The number of aryl methyl sites for hydroxylation is 2. The zero-order chi connectivity index (χ0) is 11.6. The predicted octanol–water partition coefficient (Wildman–Crippen LogP) is 1.29. The first kappa shape index (κ1) is 11.5. The summed E-state index contributed by atoms with van der Waals surface area (Å²) >= 11 is 0. The minimum absolute atomic E-state index is 0.00991. The lowest BCUT2D eigenvalue weighted by molar-refractivity contribution is 0.103. The van der Waals surface area contributed by atoms with Gasteiger partial charge in [-0.1, -0.05) is 0 Å². The summed E-state index contributed by atoms with van der Waals surface area (Å²) < 4.78 is 1.63. The molecule has 0 amide bonds. The van der Waals surface area contributed by atoms with Gasteiger partial charge in [-0.2, -0.15) is 5.10 Å². The van der Waals surface area contributed by atoms with Crippen molar-refractivity contribution in [3.8, 4) is 0 Å². The van der Waals surface area contributed by atoms with E-state index in [4.69, 9.17) is 0 Å². The van der Waals surface area contributed by atoms with Crippen molar-refractivity contribution in [1.29, 1.82) is 0 Å². The quantitative estimate of drug-likeness (QED) is 0.554. The van der Waals surface area contributed by atoms with Crippen LogP contribution in [0.2, 0.25) is 0 Å². The molecule has 4 nitrogen and oxygen atoms in total. The lowest BCUT2D eigenvalue weighted by atomic mass is 10.1. The van der Waals surface area contributed by atoms with Crippen LogP contribution in [0.25, 0.3) is 0 Å². The highest BCUT2D eigenvalue weighted by Gasteiger charge is 2.14. The third-order valence-electron chi connectivity index (χ3n) is 2.28. The number of ketones is 1. The third-order valence-corrected chi connectivity index (χ3v) is 2.28. The predicted molar refractivity (Wildman–Crippen MR) is 59.8 cm³/mol. The molecule has 1 aromatic heterocycles. The summed E-state index contributed by atoms with van der Waals surface area (Å²) in [6.07, 6.45) is 3.30. The second-order valence-electron chi connectivity index (χ2n) is 3.83. The lowest BCUT2D eigenvalue weighted by Gasteiger charge is -2.03. The molecule has 0 aromatic carbocycles. The molecule has 0 fully saturated rings. The van der Waals surface area contributed by atoms with Gasteiger partial charge in [0.15, 0.2) is 0 Å². The average molecular weight is 207 g/mol. The van der Waals surface area contributed by atoms with Crippen LogP contribution >= 0.6 is 0 Å². The van der Waals surface area contributed by atoms with Gasteiger partial charge in [0, 0.05) is 39.0 Å². The van der Waals surface area contributed by atoms with Crippen LogP contribution in [0.5, 0.6) is 0 Å². The number of carbonyl (C=O) groups excluding carboxylic acids is 1. The van der Waals surface area contributed by atoms with Gasteiger partial charge in [-0.05, 0) is 13.8 Å². The smallest absolute Gasteiger partial charge is 0.205 e.